The zero-order valence-electron chi connectivity index (χ0n) is 15.3. The second-order valence-electron chi connectivity index (χ2n) is 7.00. The Morgan fingerprint density at radius 2 is 2.25 bits per heavy atom. The van der Waals surface area contributed by atoms with Gasteiger partial charge in [0, 0.05) is 11.6 Å². The molecular formula is C18H20ClN3O4S2. The van der Waals surface area contributed by atoms with Crippen LogP contribution in [-0.2, 0) is 21.2 Å². The molecule has 0 radical (unpaired) electrons. The van der Waals surface area contributed by atoms with Crippen LogP contribution in [0.25, 0.3) is 10.9 Å². The van der Waals surface area contributed by atoms with Crippen molar-refractivity contribution in [1.29, 1.82) is 0 Å². The van der Waals surface area contributed by atoms with Crippen LogP contribution < -0.4 is 10.9 Å². The molecule has 1 fully saturated rings. The van der Waals surface area contributed by atoms with E-state index in [4.69, 9.17) is 11.6 Å². The minimum atomic E-state index is -3.12. The molecule has 1 aliphatic rings. The SMILES string of the molecule is C=CCn1c(SCC(=O)NC2(C)CCS(=O)(=O)C2)nc2cc(Cl)ccc2c1=O. The second kappa shape index (κ2) is 7.88. The normalized spacial score (nSPS) is 20.9. The van der Waals surface area contributed by atoms with Gasteiger partial charge in [0.2, 0.25) is 5.91 Å². The van der Waals surface area contributed by atoms with Crippen LogP contribution in [0.1, 0.15) is 13.3 Å². The van der Waals surface area contributed by atoms with Crippen LogP contribution in [-0.4, -0.2) is 46.7 Å². The number of aromatic nitrogens is 2. The highest BCUT2D eigenvalue weighted by Gasteiger charge is 2.39. The summed E-state index contributed by atoms with van der Waals surface area (Å²) in [5, 5.41) is 4.07. The summed E-state index contributed by atoms with van der Waals surface area (Å²) in [6, 6.07) is 4.85. The average Bonchev–Trinajstić information content (AvgIpc) is 2.88. The van der Waals surface area contributed by atoms with Crippen molar-refractivity contribution in [3.8, 4) is 0 Å². The zero-order valence-corrected chi connectivity index (χ0v) is 17.7. The monoisotopic (exact) mass is 441 g/mol. The number of hydrogen-bond donors (Lipinski definition) is 1. The van der Waals surface area contributed by atoms with Gasteiger partial charge in [-0.3, -0.25) is 14.2 Å². The molecule has 2 aromatic rings. The summed E-state index contributed by atoms with van der Waals surface area (Å²) in [5.74, 6) is -0.298. The molecular weight excluding hydrogens is 422 g/mol. The van der Waals surface area contributed by atoms with Crippen LogP contribution in [0.2, 0.25) is 5.02 Å². The van der Waals surface area contributed by atoms with E-state index >= 15 is 0 Å². The molecule has 1 atom stereocenters. The molecule has 0 saturated carbocycles. The third-order valence-corrected chi connectivity index (χ3v) is 7.59. The lowest BCUT2D eigenvalue weighted by atomic mass is 10.0. The van der Waals surface area contributed by atoms with Crippen LogP contribution in [0.3, 0.4) is 0 Å². The molecule has 0 spiro atoms. The lowest BCUT2D eigenvalue weighted by Crippen LogP contribution is -2.47. The molecule has 3 rings (SSSR count). The average molecular weight is 442 g/mol. The first-order chi connectivity index (χ1) is 13.1. The lowest BCUT2D eigenvalue weighted by Gasteiger charge is -2.23. The number of rotatable bonds is 6. The largest absolute Gasteiger partial charge is 0.349 e. The molecule has 7 nitrogen and oxygen atoms in total. The maximum atomic E-state index is 12.7. The van der Waals surface area contributed by atoms with Gasteiger partial charge in [-0.05, 0) is 31.5 Å². The van der Waals surface area contributed by atoms with Crippen molar-refractivity contribution >= 4 is 50.0 Å². The number of thioether (sulfide) groups is 1. The molecule has 150 valence electrons. The highest BCUT2D eigenvalue weighted by Crippen LogP contribution is 2.24. The predicted octanol–water partition coefficient (Wildman–Crippen LogP) is 2.02. The van der Waals surface area contributed by atoms with E-state index < -0.39 is 15.4 Å². The van der Waals surface area contributed by atoms with Gasteiger partial charge >= 0.3 is 0 Å². The highest BCUT2D eigenvalue weighted by atomic mass is 35.5. The second-order valence-corrected chi connectivity index (χ2v) is 10.6. The quantitative estimate of drug-likeness (QED) is 0.418. The first kappa shape index (κ1) is 20.9. The molecule has 1 aliphatic heterocycles. The molecule has 1 aromatic carbocycles. The van der Waals surface area contributed by atoms with Crippen molar-refractivity contribution < 1.29 is 13.2 Å². The Labute approximate surface area is 172 Å². The Bertz CT molecular complexity index is 1110. The molecule has 1 unspecified atom stereocenters. The van der Waals surface area contributed by atoms with Crippen LogP contribution in [0.5, 0.6) is 0 Å². The van der Waals surface area contributed by atoms with E-state index in [9.17, 15) is 18.0 Å². The highest BCUT2D eigenvalue weighted by molar-refractivity contribution is 7.99. The maximum absolute atomic E-state index is 12.7. The van der Waals surface area contributed by atoms with Crippen molar-refractivity contribution in [3.05, 3.63) is 46.2 Å². The summed E-state index contributed by atoms with van der Waals surface area (Å²) in [6.07, 6.45) is 1.97. The van der Waals surface area contributed by atoms with Gasteiger partial charge in [-0.2, -0.15) is 0 Å². The van der Waals surface area contributed by atoms with Gasteiger partial charge < -0.3 is 5.32 Å². The summed E-state index contributed by atoms with van der Waals surface area (Å²) in [6.45, 7) is 5.65. The fourth-order valence-corrected chi connectivity index (χ4v) is 6.25. The summed E-state index contributed by atoms with van der Waals surface area (Å²) in [4.78, 5) is 29.6. The molecule has 28 heavy (non-hydrogen) atoms. The Morgan fingerprint density at radius 3 is 2.89 bits per heavy atom. The summed E-state index contributed by atoms with van der Waals surface area (Å²) < 4.78 is 24.8. The van der Waals surface area contributed by atoms with Gasteiger partial charge in [0.25, 0.3) is 5.56 Å². The third-order valence-electron chi connectivity index (χ3n) is 4.47. The number of benzene rings is 1. The van der Waals surface area contributed by atoms with Crippen LogP contribution in [0, 0.1) is 0 Å². The van der Waals surface area contributed by atoms with Crippen molar-refractivity contribution in [1.82, 2.24) is 14.9 Å². The molecule has 1 saturated heterocycles. The number of sulfone groups is 1. The third kappa shape index (κ3) is 4.59. The van der Waals surface area contributed by atoms with Crippen LogP contribution in [0.4, 0.5) is 0 Å². The lowest BCUT2D eigenvalue weighted by molar-refractivity contribution is -0.120. The number of carbonyl (C=O) groups excluding carboxylic acids is 1. The fourth-order valence-electron chi connectivity index (χ4n) is 3.19. The first-order valence-electron chi connectivity index (χ1n) is 8.58. The summed E-state index contributed by atoms with van der Waals surface area (Å²) >= 11 is 7.11. The van der Waals surface area contributed by atoms with E-state index in [1.54, 1.807) is 31.2 Å². The number of carbonyl (C=O) groups is 1. The van der Waals surface area contributed by atoms with E-state index in [0.717, 1.165) is 11.8 Å². The fraction of sp³-hybridized carbons (Fsp3) is 0.389. The number of hydrogen-bond acceptors (Lipinski definition) is 6. The number of allylic oxidation sites excluding steroid dienone is 1. The molecule has 2 heterocycles. The first-order valence-corrected chi connectivity index (χ1v) is 11.8. The minimum Gasteiger partial charge on any atom is -0.349 e. The van der Waals surface area contributed by atoms with Gasteiger partial charge in [-0.15, -0.1) is 6.58 Å². The number of nitrogens with zero attached hydrogens (tertiary/aromatic N) is 2. The molecule has 0 bridgehead atoms. The number of nitrogens with one attached hydrogen (secondary N) is 1. The molecule has 1 aromatic heterocycles. The zero-order chi connectivity index (χ0) is 20.5. The Hall–Kier alpha value is -1.84. The molecule has 1 amide bonds. The van der Waals surface area contributed by atoms with E-state index in [-0.39, 0.29) is 35.3 Å². The van der Waals surface area contributed by atoms with Gasteiger partial charge in [-0.25, -0.2) is 13.4 Å². The number of amides is 1. The molecule has 1 N–H and O–H groups in total. The Morgan fingerprint density at radius 1 is 1.50 bits per heavy atom. The van der Waals surface area contributed by atoms with Gasteiger partial charge in [0.1, 0.15) is 0 Å². The van der Waals surface area contributed by atoms with Crippen molar-refractivity contribution in [2.45, 2.75) is 30.6 Å². The number of halogens is 1. The van der Waals surface area contributed by atoms with E-state index in [0.29, 0.717) is 27.5 Å². The van der Waals surface area contributed by atoms with Crippen molar-refractivity contribution in [2.24, 2.45) is 0 Å². The Kier molecular flexibility index (Phi) is 5.88. The van der Waals surface area contributed by atoms with Gasteiger partial charge in [-0.1, -0.05) is 29.4 Å². The van der Waals surface area contributed by atoms with E-state index in [1.165, 1.54) is 4.57 Å². The van der Waals surface area contributed by atoms with Gasteiger partial charge in [0.15, 0.2) is 15.0 Å². The predicted molar refractivity (Wildman–Crippen MR) is 112 cm³/mol. The maximum Gasteiger partial charge on any atom is 0.262 e. The van der Waals surface area contributed by atoms with E-state index in [2.05, 4.69) is 16.9 Å². The molecule has 0 aliphatic carbocycles. The van der Waals surface area contributed by atoms with Crippen LogP contribution in [0.15, 0.2) is 40.8 Å². The van der Waals surface area contributed by atoms with Crippen molar-refractivity contribution in [2.75, 3.05) is 17.3 Å². The smallest absolute Gasteiger partial charge is 0.262 e. The van der Waals surface area contributed by atoms with E-state index in [1.807, 2.05) is 0 Å². The standard InChI is InChI=1S/C18H20ClN3O4S2/c1-3-7-22-16(24)13-5-4-12(19)9-14(13)20-17(22)27-10-15(23)21-18(2)6-8-28(25,26)11-18/h3-5,9H,1,6-8,10-11H2,2H3,(H,21,23). The summed E-state index contributed by atoms with van der Waals surface area (Å²) in [5.41, 5.74) is -0.547. The van der Waals surface area contributed by atoms with Crippen LogP contribution >= 0.6 is 23.4 Å². The van der Waals surface area contributed by atoms with Gasteiger partial charge in [0.05, 0.1) is 33.7 Å². The summed E-state index contributed by atoms with van der Waals surface area (Å²) in [7, 11) is -3.12. The van der Waals surface area contributed by atoms with Crippen molar-refractivity contribution in [3.63, 3.8) is 0 Å². The Balaban J connectivity index is 1.81. The molecule has 10 heteroatoms. The topological polar surface area (TPSA) is 98.1 Å². The number of fused-ring (bicyclic) bond motifs is 1. The minimum absolute atomic E-state index is 0.00525.